The number of H-pyrrole nitrogens is 6. The average molecular weight is 863 g/mol. The van der Waals surface area contributed by atoms with E-state index >= 15 is 0 Å². The molecule has 1 aliphatic rings. The van der Waals surface area contributed by atoms with E-state index in [-0.39, 0.29) is 58.8 Å². The van der Waals surface area contributed by atoms with E-state index in [1.807, 2.05) is 18.2 Å². The summed E-state index contributed by atoms with van der Waals surface area (Å²) in [5.74, 6) is -0.000602. The summed E-state index contributed by atoms with van der Waals surface area (Å²) in [5.41, 5.74) is 2.88. The standard InChI is InChI=1S/C8H6N2O2.C8H8N2O.2C7H5N3O.2C5H5NO.3CH4.4H2/c11-7-5-3-1-2-4-6(5)9-8(12)10-7;11-8-6-3-1-2-4-7(6)9-5-10-8;2*11-7-6-5(9-4-10-7)2-1-3-8-6;2*7-5-3-1-2-4-6-5;;;;;;;/h1-4H,(H2,9,10,11,12);1-4,9H,5H2,(H,10,11);2*1-4H,(H,9,10,11);2*1-4H,(H,6,7);3*1H4;4*1H/i;;;;;;;;;2*1+2T;2*1+2. The lowest BCUT2D eigenvalue weighted by Gasteiger charge is -2.17. The zero-order valence-electron chi connectivity index (χ0n) is 34.7. The molecule has 0 unspecified atom stereocenters. The lowest BCUT2D eigenvalue weighted by molar-refractivity contribution is 0.0952. The molecule has 0 radical (unpaired) electrons. The van der Waals surface area contributed by atoms with E-state index in [1.54, 1.807) is 104 Å². The largest absolute Gasteiger partial charge is 0.367 e. The molecule has 2 aromatic carbocycles. The van der Waals surface area contributed by atoms with Crippen molar-refractivity contribution in [3.63, 3.8) is 0 Å². The lowest BCUT2D eigenvalue weighted by atomic mass is 10.1. The molecule has 328 valence electrons. The van der Waals surface area contributed by atoms with Gasteiger partial charge in [-0.1, -0.05) is 58.7 Å². The van der Waals surface area contributed by atoms with E-state index in [9.17, 15) is 33.6 Å². The summed E-state index contributed by atoms with van der Waals surface area (Å²) in [7, 11) is 0. The Bertz CT molecular complexity index is 2990. The van der Waals surface area contributed by atoms with Gasteiger partial charge >= 0.3 is 5.69 Å². The Labute approximate surface area is 361 Å². The molecule has 10 rings (SSSR count). The third-order valence-electron chi connectivity index (χ3n) is 7.51. The Morgan fingerprint density at radius 1 is 0.484 bits per heavy atom. The third-order valence-corrected chi connectivity index (χ3v) is 7.51. The predicted octanol–water partition coefficient (Wildman–Crippen LogP) is 5.29. The number of amides is 1. The first-order valence-electron chi connectivity index (χ1n) is 19.4. The molecule has 7 aromatic heterocycles. The molecule has 0 fully saturated rings. The predicted molar refractivity (Wildman–Crippen MR) is 251 cm³/mol. The summed E-state index contributed by atoms with van der Waals surface area (Å²) in [4.78, 5) is 106. The quantitative estimate of drug-likeness (QED) is 0.0965. The molecular weight excluding hydrogens is 797 g/mol. The third kappa shape index (κ3) is 14.8. The number of benzene rings is 2. The number of fused-ring (bicyclic) bond motifs is 4. The molecule has 0 saturated carbocycles. The minimum absolute atomic E-state index is 0. The SMILES string of the molecule is C.C.C.O=C1NCNc2ccccc21.O=c1[nH]c(=O)c2ccccc2[nH]1.O=c1[nH]cnc2cccnc12.O=c1[nH]cnc2cccnc12.O=c1cccc[nH]1.O=c1cccc[nH]1.[3HH].[3HH].[3H][3H].[3H][3H]. The highest BCUT2D eigenvalue weighted by molar-refractivity contribution is 6.01. The number of pyridine rings is 4. The van der Waals surface area contributed by atoms with Crippen LogP contribution >= 0.6 is 0 Å². The van der Waals surface area contributed by atoms with Crippen LogP contribution < -0.4 is 44.1 Å². The van der Waals surface area contributed by atoms with Gasteiger partial charge in [0.2, 0.25) is 11.1 Å². The van der Waals surface area contributed by atoms with E-state index in [0.29, 0.717) is 39.6 Å². The van der Waals surface area contributed by atoms with Crippen molar-refractivity contribution in [2.75, 3.05) is 12.0 Å². The molecule has 1 aliphatic heterocycles. The Balaban J connectivity index is -0.000000730. The van der Waals surface area contributed by atoms with Crippen LogP contribution in [0.1, 0.15) is 41.4 Å². The van der Waals surface area contributed by atoms with Gasteiger partial charge in [0.25, 0.3) is 22.6 Å². The van der Waals surface area contributed by atoms with Crippen LogP contribution in [0.2, 0.25) is 0 Å². The van der Waals surface area contributed by atoms with E-state index in [1.165, 1.54) is 24.8 Å². The molecular formula is C43H54N12O7. The minimum Gasteiger partial charge on any atom is -0.367 e. The Morgan fingerprint density at radius 2 is 1.00 bits per heavy atom. The number of carbonyl (C=O) groups is 1. The fraction of sp³-hybridized carbons (Fsp3) is 0.0930. The van der Waals surface area contributed by atoms with Crippen molar-refractivity contribution in [1.29, 1.82) is 0 Å². The van der Waals surface area contributed by atoms with Gasteiger partial charge < -0.3 is 35.6 Å². The van der Waals surface area contributed by atoms with Gasteiger partial charge in [0.05, 0.1) is 46.8 Å². The minimum atomic E-state index is -0.473. The van der Waals surface area contributed by atoms with Gasteiger partial charge in [0.1, 0.15) is 0 Å². The molecule has 8 heterocycles. The molecule has 9 aromatic rings. The first kappa shape index (κ1) is 45.8. The van der Waals surface area contributed by atoms with Crippen molar-refractivity contribution in [2.45, 2.75) is 22.3 Å². The molecule has 0 aliphatic carbocycles. The number of nitrogens with zero attached hydrogens (tertiary/aromatic N) is 4. The van der Waals surface area contributed by atoms with Crippen molar-refractivity contribution >= 4 is 44.6 Å². The highest BCUT2D eigenvalue weighted by Crippen LogP contribution is 2.16. The van der Waals surface area contributed by atoms with Gasteiger partial charge in [-0.05, 0) is 60.7 Å². The summed E-state index contributed by atoms with van der Waals surface area (Å²) in [6, 6.07) is 31.2. The number of aromatic amines is 6. The fourth-order valence-corrected chi connectivity index (χ4v) is 4.83. The van der Waals surface area contributed by atoms with Gasteiger partial charge in [-0.15, -0.1) is 0 Å². The van der Waals surface area contributed by atoms with Crippen LogP contribution in [0.15, 0.2) is 175 Å². The molecule has 62 heavy (non-hydrogen) atoms. The zero-order valence-corrected chi connectivity index (χ0v) is 30.7. The molecule has 0 saturated heterocycles. The molecule has 8 N–H and O–H groups in total. The highest BCUT2D eigenvalue weighted by atomic mass is 16.2. The highest BCUT2D eigenvalue weighted by Gasteiger charge is 2.13. The first-order chi connectivity index (χ1) is 30.7. The molecule has 0 atom stereocenters. The van der Waals surface area contributed by atoms with Gasteiger partial charge in [-0.3, -0.25) is 33.8 Å². The van der Waals surface area contributed by atoms with E-state index in [4.69, 9.17) is 5.94 Å². The second-order valence-corrected chi connectivity index (χ2v) is 11.5. The Morgan fingerprint density at radius 3 is 1.48 bits per heavy atom. The maximum atomic E-state index is 11.1. The molecule has 19 heteroatoms. The van der Waals surface area contributed by atoms with Crippen LogP contribution in [0, 0.1) is 0 Å². The maximum Gasteiger partial charge on any atom is 0.326 e. The van der Waals surface area contributed by atoms with Crippen molar-refractivity contribution in [3.05, 3.63) is 214 Å². The Hall–Kier alpha value is -8.87. The summed E-state index contributed by atoms with van der Waals surface area (Å²) in [6.45, 7) is 0.524. The summed E-state index contributed by atoms with van der Waals surface area (Å²) in [6.07, 6.45) is 9.07. The van der Waals surface area contributed by atoms with E-state index in [2.05, 4.69) is 60.5 Å². The van der Waals surface area contributed by atoms with Gasteiger partial charge in [0.15, 0.2) is 11.0 Å². The van der Waals surface area contributed by atoms with Crippen molar-refractivity contribution in [1.82, 2.24) is 55.2 Å². The van der Waals surface area contributed by atoms with Crippen LogP contribution in [-0.4, -0.2) is 62.4 Å². The first-order valence-corrected chi connectivity index (χ1v) is 17.4. The maximum absolute atomic E-state index is 11.1. The number of carbonyl (C=O) groups excluding carboxylic acids is 1. The monoisotopic (exact) mass is 862 g/mol. The van der Waals surface area contributed by atoms with E-state index in [0.717, 1.165) is 11.3 Å². The van der Waals surface area contributed by atoms with Gasteiger partial charge in [-0.2, -0.15) is 0 Å². The van der Waals surface area contributed by atoms with Gasteiger partial charge in [0, 0.05) is 51.4 Å². The van der Waals surface area contributed by atoms with Crippen LogP contribution in [0.5, 0.6) is 0 Å². The smallest absolute Gasteiger partial charge is 0.326 e. The zero-order chi connectivity index (χ0) is 45.8. The van der Waals surface area contributed by atoms with Crippen LogP contribution in [0.25, 0.3) is 33.0 Å². The average Bonchev–Trinajstić information content (AvgIpc) is 3.32. The number of hydrogen-bond donors (Lipinski definition) is 8. The van der Waals surface area contributed by atoms with Gasteiger partial charge in [-0.25, -0.2) is 24.7 Å². The second kappa shape index (κ2) is 25.5. The van der Waals surface area contributed by atoms with Crippen LogP contribution in [0.4, 0.5) is 5.69 Å². The normalized spacial score (nSPS) is 10.4. The number of hydrogen-bond acceptors (Lipinski definition) is 12. The number of anilines is 1. The van der Waals surface area contributed by atoms with E-state index < -0.39 is 5.69 Å². The molecule has 0 spiro atoms. The molecule has 19 nitrogen and oxygen atoms in total. The Kier molecular flexibility index (Phi) is 18.8. The van der Waals surface area contributed by atoms with Crippen molar-refractivity contribution in [3.8, 4) is 0 Å². The number of para-hydroxylation sites is 2. The van der Waals surface area contributed by atoms with Crippen LogP contribution in [0.3, 0.4) is 0 Å². The summed E-state index contributed by atoms with van der Waals surface area (Å²) in [5, 5.41) is 6.25. The lowest BCUT2D eigenvalue weighted by Crippen LogP contribution is -2.34. The topological polar surface area (TPSA) is 290 Å². The number of rotatable bonds is 0. The number of nitrogens with one attached hydrogen (secondary N) is 8. The van der Waals surface area contributed by atoms with Crippen molar-refractivity contribution in [2.24, 2.45) is 0 Å². The van der Waals surface area contributed by atoms with Crippen LogP contribution in [-0.2, 0) is 0 Å². The second-order valence-electron chi connectivity index (χ2n) is 11.5. The molecule has 0 bridgehead atoms. The fourth-order valence-electron chi connectivity index (χ4n) is 4.83. The number of aromatic nitrogens is 10. The summed E-state index contributed by atoms with van der Waals surface area (Å²) >= 11 is 0. The summed E-state index contributed by atoms with van der Waals surface area (Å²) < 4.78 is 20.0. The molecule has 1 amide bonds. The van der Waals surface area contributed by atoms with Crippen molar-refractivity contribution < 1.29 is 13.6 Å².